The fourth-order valence-electron chi connectivity index (χ4n) is 1.39. The maximum absolute atomic E-state index is 11.7. The van der Waals surface area contributed by atoms with Gasteiger partial charge in [-0.25, -0.2) is 4.79 Å². The van der Waals surface area contributed by atoms with Gasteiger partial charge in [0.2, 0.25) is 0 Å². The first-order valence-corrected chi connectivity index (χ1v) is 6.09. The Kier molecular flexibility index (Phi) is 6.90. The van der Waals surface area contributed by atoms with Gasteiger partial charge in [0.25, 0.3) is 0 Å². The highest BCUT2D eigenvalue weighted by molar-refractivity contribution is 5.69. The number of hydrogen-bond donors (Lipinski definition) is 1. The highest BCUT2D eigenvalue weighted by Crippen LogP contribution is 2.10. The van der Waals surface area contributed by atoms with Gasteiger partial charge in [-0.15, -0.1) is 13.2 Å². The first-order valence-electron chi connectivity index (χ1n) is 6.09. The lowest BCUT2D eigenvalue weighted by molar-refractivity contribution is -0.147. The topological polar surface area (TPSA) is 64.6 Å². The summed E-state index contributed by atoms with van der Waals surface area (Å²) >= 11 is 0. The summed E-state index contributed by atoms with van der Waals surface area (Å²) in [7, 11) is 0. The minimum absolute atomic E-state index is 0.409. The predicted molar refractivity (Wildman–Crippen MR) is 73.7 cm³/mol. The van der Waals surface area contributed by atoms with Crippen molar-refractivity contribution in [1.82, 2.24) is 5.32 Å². The van der Waals surface area contributed by atoms with E-state index >= 15 is 0 Å². The quantitative estimate of drug-likeness (QED) is 0.594. The lowest BCUT2D eigenvalue weighted by atomic mass is 10.1. The second kappa shape index (κ2) is 7.61. The lowest BCUT2D eigenvalue weighted by Gasteiger charge is -2.26. The number of ether oxygens (including phenoxy) is 2. The van der Waals surface area contributed by atoms with Gasteiger partial charge >= 0.3 is 12.1 Å². The number of amides is 1. The smallest absolute Gasteiger partial charge is 0.408 e. The van der Waals surface area contributed by atoms with E-state index in [4.69, 9.17) is 9.47 Å². The van der Waals surface area contributed by atoms with E-state index in [1.165, 1.54) is 13.0 Å². The molecule has 0 bridgehead atoms. The van der Waals surface area contributed by atoms with Gasteiger partial charge in [0.15, 0.2) is 0 Å². The Bertz CT molecular complexity index is 344. The third-order valence-corrected chi connectivity index (χ3v) is 2.05. The van der Waals surface area contributed by atoms with Gasteiger partial charge in [-0.2, -0.15) is 0 Å². The van der Waals surface area contributed by atoms with Crippen molar-refractivity contribution in [3.8, 4) is 0 Å². The summed E-state index contributed by atoms with van der Waals surface area (Å²) < 4.78 is 10.3. The summed E-state index contributed by atoms with van der Waals surface area (Å²) in [6.07, 6.45) is 2.40. The largest absolute Gasteiger partial charge is 0.460 e. The van der Waals surface area contributed by atoms with Gasteiger partial charge in [0.05, 0.1) is 6.04 Å². The van der Waals surface area contributed by atoms with E-state index in [1.54, 1.807) is 26.8 Å². The van der Waals surface area contributed by atoms with E-state index in [9.17, 15) is 9.59 Å². The molecular weight excluding hydrogens is 246 g/mol. The Morgan fingerprint density at radius 1 is 1.32 bits per heavy atom. The molecule has 108 valence electrons. The van der Waals surface area contributed by atoms with Crippen LogP contribution in [0.4, 0.5) is 4.79 Å². The molecule has 0 saturated carbocycles. The van der Waals surface area contributed by atoms with Crippen molar-refractivity contribution in [2.45, 2.75) is 51.9 Å². The molecule has 0 aliphatic rings. The van der Waals surface area contributed by atoms with E-state index in [-0.39, 0.29) is 0 Å². The fourth-order valence-corrected chi connectivity index (χ4v) is 1.39. The monoisotopic (exact) mass is 269 g/mol. The molecule has 0 heterocycles. The molecule has 0 aliphatic heterocycles. The molecule has 0 saturated heterocycles. The van der Waals surface area contributed by atoms with Crippen LogP contribution in [0.25, 0.3) is 0 Å². The molecule has 0 unspecified atom stereocenters. The van der Waals surface area contributed by atoms with Crippen molar-refractivity contribution in [3.63, 3.8) is 0 Å². The summed E-state index contributed by atoms with van der Waals surface area (Å²) in [5, 5.41) is 2.61. The Hall–Kier alpha value is -1.78. The molecule has 0 aliphatic carbocycles. The van der Waals surface area contributed by atoms with Crippen LogP contribution in [0.5, 0.6) is 0 Å². The summed E-state index contributed by atoms with van der Waals surface area (Å²) in [5.74, 6) is -0.426. The molecule has 1 N–H and O–H groups in total. The number of carbonyl (C=O) groups is 2. The fraction of sp³-hybridized carbons (Fsp3) is 0.571. The predicted octanol–water partition coefficient (Wildman–Crippen LogP) is 2.57. The van der Waals surface area contributed by atoms with E-state index in [0.717, 1.165) is 0 Å². The molecule has 19 heavy (non-hydrogen) atoms. The van der Waals surface area contributed by atoms with Gasteiger partial charge in [-0.05, 0) is 20.8 Å². The standard InChI is InChI=1S/C14H23NO4/c1-7-9-12(18-10(3)16)11(8-2)15-13(17)19-14(4,5)6/h7-8,11-12H,1-2,9H2,3-6H3,(H,15,17)/t11-,12-/m0/s1. The Morgan fingerprint density at radius 2 is 1.89 bits per heavy atom. The molecule has 2 atom stereocenters. The van der Waals surface area contributed by atoms with E-state index in [2.05, 4.69) is 18.5 Å². The molecule has 0 fully saturated rings. The number of carbonyl (C=O) groups excluding carboxylic acids is 2. The molecule has 5 heteroatoms. The van der Waals surface area contributed by atoms with Crippen LogP contribution in [0.3, 0.4) is 0 Å². The van der Waals surface area contributed by atoms with Crippen molar-refractivity contribution < 1.29 is 19.1 Å². The van der Waals surface area contributed by atoms with Crippen LogP contribution in [-0.2, 0) is 14.3 Å². The number of alkyl carbamates (subject to hydrolysis) is 1. The van der Waals surface area contributed by atoms with Crippen LogP contribution in [-0.4, -0.2) is 29.8 Å². The summed E-state index contributed by atoms with van der Waals surface area (Å²) in [6, 6.07) is -0.531. The first kappa shape index (κ1) is 17.2. The third kappa shape index (κ3) is 8.02. The normalized spacial score (nSPS) is 13.9. The van der Waals surface area contributed by atoms with Crippen LogP contribution in [0, 0.1) is 0 Å². The summed E-state index contributed by atoms with van der Waals surface area (Å²) in [4.78, 5) is 22.7. The third-order valence-electron chi connectivity index (χ3n) is 2.05. The maximum atomic E-state index is 11.7. The zero-order valence-electron chi connectivity index (χ0n) is 12.1. The molecule has 5 nitrogen and oxygen atoms in total. The SMILES string of the molecule is C=CC[C@H](OC(C)=O)[C@H](C=C)NC(=O)OC(C)(C)C. The van der Waals surface area contributed by atoms with Crippen molar-refractivity contribution in [1.29, 1.82) is 0 Å². The minimum Gasteiger partial charge on any atom is -0.460 e. The number of rotatable bonds is 6. The Morgan fingerprint density at radius 3 is 2.26 bits per heavy atom. The van der Waals surface area contributed by atoms with Crippen LogP contribution in [0.15, 0.2) is 25.3 Å². The molecule has 0 aromatic heterocycles. The molecule has 0 radical (unpaired) electrons. The summed E-state index contributed by atoms with van der Waals surface area (Å²) in [5.41, 5.74) is -0.592. The summed E-state index contributed by atoms with van der Waals surface area (Å²) in [6.45, 7) is 13.8. The van der Waals surface area contributed by atoms with Gasteiger partial charge in [0.1, 0.15) is 11.7 Å². The molecular formula is C14H23NO4. The number of esters is 1. The molecule has 0 aromatic carbocycles. The van der Waals surface area contributed by atoms with E-state index in [1.807, 2.05) is 0 Å². The van der Waals surface area contributed by atoms with Crippen LogP contribution < -0.4 is 5.32 Å². The van der Waals surface area contributed by atoms with Gasteiger partial charge in [-0.1, -0.05) is 12.2 Å². The molecule has 0 spiro atoms. The second-order valence-corrected chi connectivity index (χ2v) is 5.08. The number of hydrogen-bond acceptors (Lipinski definition) is 4. The van der Waals surface area contributed by atoms with Crippen molar-refractivity contribution in [3.05, 3.63) is 25.3 Å². The Labute approximate surface area is 114 Å². The van der Waals surface area contributed by atoms with Gasteiger partial charge in [-0.3, -0.25) is 4.79 Å². The number of nitrogens with one attached hydrogen (secondary N) is 1. The van der Waals surface area contributed by atoms with Gasteiger partial charge < -0.3 is 14.8 Å². The van der Waals surface area contributed by atoms with E-state index < -0.39 is 29.8 Å². The zero-order valence-corrected chi connectivity index (χ0v) is 12.1. The van der Waals surface area contributed by atoms with Crippen molar-refractivity contribution in [2.75, 3.05) is 0 Å². The lowest BCUT2D eigenvalue weighted by Crippen LogP contribution is -2.45. The highest BCUT2D eigenvalue weighted by Gasteiger charge is 2.25. The first-order chi connectivity index (χ1) is 8.69. The zero-order chi connectivity index (χ0) is 15.1. The molecule has 1 amide bonds. The molecule has 0 aromatic rings. The van der Waals surface area contributed by atoms with Crippen LogP contribution >= 0.6 is 0 Å². The average Bonchev–Trinajstić information content (AvgIpc) is 2.22. The average molecular weight is 269 g/mol. The van der Waals surface area contributed by atoms with Crippen LogP contribution in [0.2, 0.25) is 0 Å². The van der Waals surface area contributed by atoms with Gasteiger partial charge in [0, 0.05) is 13.3 Å². The minimum atomic E-state index is -0.592. The molecule has 0 rings (SSSR count). The van der Waals surface area contributed by atoms with Crippen molar-refractivity contribution in [2.24, 2.45) is 0 Å². The Balaban J connectivity index is 4.67. The van der Waals surface area contributed by atoms with Crippen molar-refractivity contribution >= 4 is 12.1 Å². The van der Waals surface area contributed by atoms with Crippen LogP contribution in [0.1, 0.15) is 34.1 Å². The maximum Gasteiger partial charge on any atom is 0.408 e. The highest BCUT2D eigenvalue weighted by atomic mass is 16.6. The van der Waals surface area contributed by atoms with E-state index in [0.29, 0.717) is 6.42 Å². The second-order valence-electron chi connectivity index (χ2n) is 5.08.